The third-order valence-electron chi connectivity index (χ3n) is 4.75. The molecule has 0 saturated heterocycles. The number of fused-ring (bicyclic) bond motifs is 1. The fourth-order valence-electron chi connectivity index (χ4n) is 3.22. The van der Waals surface area contributed by atoms with Gasteiger partial charge in [0.05, 0.1) is 12.0 Å². The second-order valence-electron chi connectivity index (χ2n) is 6.88. The van der Waals surface area contributed by atoms with Crippen LogP contribution in [0.3, 0.4) is 0 Å². The van der Waals surface area contributed by atoms with Gasteiger partial charge in [0.1, 0.15) is 17.1 Å². The van der Waals surface area contributed by atoms with Crippen LogP contribution < -0.4 is 19.8 Å². The predicted molar refractivity (Wildman–Crippen MR) is 118 cm³/mol. The standard InChI is InChI=1S/C23H17F2NO6S/c1-30-17-6-2-14(3-7-17)19-13-16(5-9-21(19)32-23(24)25)26-33(28,29)18-8-10-20-15(12-18)4-11-22(27)31-20/h2-13,23,26H,1H3. The molecule has 10 heteroatoms. The molecule has 0 aliphatic heterocycles. The molecule has 0 spiro atoms. The Morgan fingerprint density at radius 1 is 0.939 bits per heavy atom. The van der Waals surface area contributed by atoms with Crippen LogP contribution in [0, 0.1) is 0 Å². The second-order valence-corrected chi connectivity index (χ2v) is 8.56. The van der Waals surface area contributed by atoms with Crippen molar-refractivity contribution in [3.8, 4) is 22.6 Å². The number of hydrogen-bond acceptors (Lipinski definition) is 6. The van der Waals surface area contributed by atoms with E-state index in [1.807, 2.05) is 0 Å². The molecule has 0 radical (unpaired) electrons. The van der Waals surface area contributed by atoms with Crippen LogP contribution in [-0.2, 0) is 10.0 Å². The largest absolute Gasteiger partial charge is 0.497 e. The van der Waals surface area contributed by atoms with Gasteiger partial charge in [-0.1, -0.05) is 12.1 Å². The smallest absolute Gasteiger partial charge is 0.387 e. The topological polar surface area (TPSA) is 94.8 Å². The highest BCUT2D eigenvalue weighted by Crippen LogP contribution is 2.35. The van der Waals surface area contributed by atoms with E-state index in [0.717, 1.165) is 0 Å². The minimum Gasteiger partial charge on any atom is -0.497 e. The second kappa shape index (κ2) is 8.91. The summed E-state index contributed by atoms with van der Waals surface area (Å²) in [6, 6.07) is 17.2. The van der Waals surface area contributed by atoms with E-state index >= 15 is 0 Å². The number of benzene rings is 3. The van der Waals surface area contributed by atoms with Gasteiger partial charge < -0.3 is 13.9 Å². The van der Waals surface area contributed by atoms with Gasteiger partial charge in [-0.05, 0) is 60.2 Å². The van der Waals surface area contributed by atoms with Gasteiger partial charge in [-0.2, -0.15) is 8.78 Å². The number of alkyl halides is 2. The van der Waals surface area contributed by atoms with Crippen molar-refractivity contribution in [3.05, 3.63) is 83.2 Å². The first kappa shape index (κ1) is 22.3. The highest BCUT2D eigenvalue weighted by molar-refractivity contribution is 7.92. The fourth-order valence-corrected chi connectivity index (χ4v) is 4.30. The maximum Gasteiger partial charge on any atom is 0.387 e. The molecule has 0 amide bonds. The molecule has 0 saturated carbocycles. The summed E-state index contributed by atoms with van der Waals surface area (Å²) in [5, 5.41) is 0.428. The summed E-state index contributed by atoms with van der Waals surface area (Å²) < 4.78 is 68.8. The average molecular weight is 473 g/mol. The number of ether oxygens (including phenoxy) is 2. The molecule has 4 rings (SSSR count). The Balaban J connectivity index is 1.71. The van der Waals surface area contributed by atoms with Crippen LogP contribution in [-0.4, -0.2) is 22.1 Å². The van der Waals surface area contributed by atoms with Crippen LogP contribution in [0.25, 0.3) is 22.1 Å². The van der Waals surface area contributed by atoms with Gasteiger partial charge in [0.2, 0.25) is 0 Å². The Hall–Kier alpha value is -3.92. The van der Waals surface area contributed by atoms with Gasteiger partial charge in [0.15, 0.2) is 0 Å². The van der Waals surface area contributed by atoms with E-state index in [2.05, 4.69) is 9.46 Å². The van der Waals surface area contributed by atoms with Crippen LogP contribution in [0.5, 0.6) is 11.5 Å². The van der Waals surface area contributed by atoms with E-state index in [1.54, 1.807) is 24.3 Å². The lowest BCUT2D eigenvalue weighted by atomic mass is 10.0. The SMILES string of the molecule is COc1ccc(-c2cc(NS(=O)(=O)c3ccc4oc(=O)ccc4c3)ccc2OC(F)F)cc1. The lowest BCUT2D eigenvalue weighted by molar-refractivity contribution is -0.0494. The molecule has 1 N–H and O–H groups in total. The van der Waals surface area contributed by atoms with Crippen molar-refractivity contribution in [2.45, 2.75) is 11.5 Å². The molecule has 0 atom stereocenters. The van der Waals surface area contributed by atoms with Gasteiger partial charge in [-0.3, -0.25) is 4.72 Å². The summed E-state index contributed by atoms with van der Waals surface area (Å²) in [4.78, 5) is 11.3. The van der Waals surface area contributed by atoms with Gasteiger partial charge in [-0.15, -0.1) is 0 Å². The van der Waals surface area contributed by atoms with Crippen LogP contribution in [0.2, 0.25) is 0 Å². The molecule has 33 heavy (non-hydrogen) atoms. The maximum atomic E-state index is 12.9. The first-order valence-corrected chi connectivity index (χ1v) is 11.0. The molecule has 0 aliphatic carbocycles. The lowest BCUT2D eigenvalue weighted by Crippen LogP contribution is -2.13. The minimum atomic E-state index is -4.04. The molecule has 7 nitrogen and oxygen atoms in total. The summed E-state index contributed by atoms with van der Waals surface area (Å²) in [5.41, 5.74) is 0.624. The molecule has 4 aromatic rings. The lowest BCUT2D eigenvalue weighted by Gasteiger charge is -2.15. The van der Waals surface area contributed by atoms with E-state index in [-0.39, 0.29) is 27.5 Å². The molecular formula is C23H17F2NO6S. The number of hydrogen-bond donors (Lipinski definition) is 1. The van der Waals surface area contributed by atoms with Crippen LogP contribution in [0.15, 0.2) is 86.9 Å². The van der Waals surface area contributed by atoms with E-state index < -0.39 is 22.3 Å². The van der Waals surface area contributed by atoms with Gasteiger partial charge in [0.25, 0.3) is 10.0 Å². The van der Waals surface area contributed by atoms with E-state index in [9.17, 15) is 22.0 Å². The summed E-state index contributed by atoms with van der Waals surface area (Å²) >= 11 is 0. The van der Waals surface area contributed by atoms with E-state index in [4.69, 9.17) is 9.15 Å². The summed E-state index contributed by atoms with van der Waals surface area (Å²) in [5.74, 6) is 0.456. The van der Waals surface area contributed by atoms with Crippen LogP contribution in [0.1, 0.15) is 0 Å². The zero-order valence-corrected chi connectivity index (χ0v) is 17.9. The highest BCUT2D eigenvalue weighted by atomic mass is 32.2. The Morgan fingerprint density at radius 3 is 2.39 bits per heavy atom. The average Bonchev–Trinajstić information content (AvgIpc) is 2.79. The highest BCUT2D eigenvalue weighted by Gasteiger charge is 2.18. The normalized spacial score (nSPS) is 11.5. The molecule has 1 heterocycles. The number of halogens is 2. The Morgan fingerprint density at radius 2 is 1.70 bits per heavy atom. The molecule has 0 bridgehead atoms. The summed E-state index contributed by atoms with van der Waals surface area (Å²) in [7, 11) is -2.54. The maximum absolute atomic E-state index is 12.9. The molecule has 0 aliphatic rings. The first-order chi connectivity index (χ1) is 15.7. The van der Waals surface area contributed by atoms with Crippen LogP contribution in [0.4, 0.5) is 14.5 Å². The monoisotopic (exact) mass is 473 g/mol. The van der Waals surface area contributed by atoms with Crippen molar-refractivity contribution < 1.29 is 31.1 Å². The molecule has 170 valence electrons. The van der Waals surface area contributed by atoms with Gasteiger partial charge in [-0.25, -0.2) is 13.2 Å². The van der Waals surface area contributed by atoms with Crippen LogP contribution >= 0.6 is 0 Å². The number of methoxy groups -OCH3 is 1. The van der Waals surface area contributed by atoms with Gasteiger partial charge >= 0.3 is 12.2 Å². The minimum absolute atomic E-state index is 0.0669. The number of anilines is 1. The third kappa shape index (κ3) is 4.96. The van der Waals surface area contributed by atoms with E-state index in [1.165, 1.54) is 55.6 Å². The van der Waals surface area contributed by atoms with Crippen molar-refractivity contribution in [1.82, 2.24) is 0 Å². The molecule has 0 unspecified atom stereocenters. The molecular weight excluding hydrogens is 456 g/mol. The van der Waals surface area contributed by atoms with Gasteiger partial charge in [0, 0.05) is 22.7 Å². The zero-order chi connectivity index (χ0) is 23.6. The molecule has 3 aromatic carbocycles. The molecule has 1 aromatic heterocycles. The Kier molecular flexibility index (Phi) is 6.01. The Labute approximate surface area is 187 Å². The van der Waals surface area contributed by atoms with Crippen molar-refractivity contribution in [2.75, 3.05) is 11.8 Å². The van der Waals surface area contributed by atoms with Crippen molar-refractivity contribution in [2.24, 2.45) is 0 Å². The zero-order valence-electron chi connectivity index (χ0n) is 17.1. The number of sulfonamides is 1. The number of rotatable bonds is 7. The first-order valence-electron chi connectivity index (χ1n) is 9.55. The Bertz CT molecular complexity index is 1470. The summed E-state index contributed by atoms with van der Waals surface area (Å²) in [6.45, 7) is -3.05. The van der Waals surface area contributed by atoms with Crippen molar-refractivity contribution >= 4 is 26.7 Å². The summed E-state index contributed by atoms with van der Waals surface area (Å²) in [6.07, 6.45) is 0. The quantitative estimate of drug-likeness (QED) is 0.385. The van der Waals surface area contributed by atoms with Crippen molar-refractivity contribution in [1.29, 1.82) is 0 Å². The van der Waals surface area contributed by atoms with E-state index in [0.29, 0.717) is 16.7 Å². The predicted octanol–water partition coefficient (Wildman–Crippen LogP) is 4.87. The fraction of sp³-hybridized carbons (Fsp3) is 0.0870. The van der Waals surface area contributed by atoms with Crippen molar-refractivity contribution in [3.63, 3.8) is 0 Å². The molecule has 0 fully saturated rings. The number of nitrogens with one attached hydrogen (secondary N) is 1. The third-order valence-corrected chi connectivity index (χ3v) is 6.13.